The Morgan fingerprint density at radius 1 is 1.31 bits per heavy atom. The third kappa shape index (κ3) is 5.92. The van der Waals surface area contributed by atoms with Crippen LogP contribution in [0.15, 0.2) is 29.2 Å². The van der Waals surface area contributed by atoms with E-state index in [1.807, 2.05) is 36.1 Å². The first-order valence-corrected chi connectivity index (χ1v) is 10.7. The maximum absolute atomic E-state index is 13.0. The van der Waals surface area contributed by atoms with Gasteiger partial charge in [-0.05, 0) is 57.4 Å². The highest BCUT2D eigenvalue weighted by Gasteiger charge is 2.34. The number of amides is 2. The zero-order valence-electron chi connectivity index (χ0n) is 15.8. The van der Waals surface area contributed by atoms with Crippen molar-refractivity contribution in [3.8, 4) is 0 Å². The molecule has 0 spiro atoms. The molecule has 6 heteroatoms. The number of halogens is 1. The first kappa shape index (κ1) is 21.1. The largest absolute Gasteiger partial charge is 0.356 e. The molecular formula is C20H29ClN2O2S. The van der Waals surface area contributed by atoms with E-state index in [-0.39, 0.29) is 29.0 Å². The second-order valence-electron chi connectivity index (χ2n) is 6.97. The highest BCUT2D eigenvalue weighted by atomic mass is 35.5. The summed E-state index contributed by atoms with van der Waals surface area (Å²) < 4.78 is 0. The van der Waals surface area contributed by atoms with Crippen molar-refractivity contribution < 1.29 is 9.59 Å². The summed E-state index contributed by atoms with van der Waals surface area (Å²) in [6.45, 7) is 7.35. The number of thioether (sulfide) groups is 1. The normalized spacial score (nSPS) is 21.3. The number of benzene rings is 1. The lowest BCUT2D eigenvalue weighted by Gasteiger charge is -2.38. The molecular weight excluding hydrogens is 368 g/mol. The van der Waals surface area contributed by atoms with Gasteiger partial charge in [-0.2, -0.15) is 0 Å². The van der Waals surface area contributed by atoms with Gasteiger partial charge in [-0.3, -0.25) is 9.59 Å². The number of nitrogens with zero attached hydrogens (tertiary/aromatic N) is 1. The van der Waals surface area contributed by atoms with Crippen molar-refractivity contribution in [2.45, 2.75) is 62.6 Å². The molecule has 2 rings (SSSR count). The molecule has 1 aromatic rings. The fourth-order valence-corrected chi connectivity index (χ4v) is 4.23. The molecule has 26 heavy (non-hydrogen) atoms. The lowest BCUT2D eigenvalue weighted by atomic mass is 9.92. The molecule has 3 unspecified atom stereocenters. The number of hydrogen-bond donors (Lipinski definition) is 1. The molecule has 1 N–H and O–H groups in total. The molecule has 1 heterocycles. The zero-order valence-corrected chi connectivity index (χ0v) is 17.4. The molecule has 1 fully saturated rings. The van der Waals surface area contributed by atoms with Gasteiger partial charge >= 0.3 is 0 Å². The van der Waals surface area contributed by atoms with Gasteiger partial charge in [-0.15, -0.1) is 11.8 Å². The highest BCUT2D eigenvalue weighted by Crippen LogP contribution is 2.29. The minimum absolute atomic E-state index is 0.0844. The Kier molecular flexibility index (Phi) is 8.29. The Balaban J connectivity index is 1.94. The number of rotatable bonds is 7. The average Bonchev–Trinajstić information content (AvgIpc) is 2.63. The van der Waals surface area contributed by atoms with Crippen LogP contribution in [-0.4, -0.2) is 41.1 Å². The van der Waals surface area contributed by atoms with Crippen molar-refractivity contribution in [3.63, 3.8) is 0 Å². The zero-order chi connectivity index (χ0) is 19.1. The van der Waals surface area contributed by atoms with E-state index < -0.39 is 0 Å². The smallest absolute Gasteiger partial charge is 0.236 e. The number of hydrogen-bond acceptors (Lipinski definition) is 3. The predicted octanol–water partition coefficient (Wildman–Crippen LogP) is 4.36. The number of carbonyl (C=O) groups excluding carboxylic acids is 2. The van der Waals surface area contributed by atoms with Crippen LogP contribution in [0.4, 0.5) is 0 Å². The van der Waals surface area contributed by atoms with Crippen LogP contribution in [-0.2, 0) is 9.59 Å². The van der Waals surface area contributed by atoms with E-state index >= 15 is 0 Å². The first-order valence-electron chi connectivity index (χ1n) is 9.42. The summed E-state index contributed by atoms with van der Waals surface area (Å²) in [5.41, 5.74) is 0. The molecule has 1 aliphatic rings. The Labute approximate surface area is 166 Å². The van der Waals surface area contributed by atoms with Crippen molar-refractivity contribution in [2.24, 2.45) is 5.92 Å². The fraction of sp³-hybridized carbons (Fsp3) is 0.600. The van der Waals surface area contributed by atoms with Crippen LogP contribution in [0, 0.1) is 5.92 Å². The van der Waals surface area contributed by atoms with Gasteiger partial charge in [0.1, 0.15) is 0 Å². The van der Waals surface area contributed by atoms with Crippen molar-refractivity contribution in [3.05, 3.63) is 29.3 Å². The van der Waals surface area contributed by atoms with Crippen molar-refractivity contribution in [1.29, 1.82) is 0 Å². The molecule has 0 radical (unpaired) electrons. The second-order valence-corrected chi connectivity index (χ2v) is 8.82. The molecule has 0 aliphatic carbocycles. The molecule has 0 saturated carbocycles. The average molecular weight is 397 g/mol. The highest BCUT2D eigenvalue weighted by molar-refractivity contribution is 8.00. The molecule has 1 saturated heterocycles. The van der Waals surface area contributed by atoms with Crippen molar-refractivity contribution in [2.75, 3.05) is 13.1 Å². The lowest BCUT2D eigenvalue weighted by Crippen LogP contribution is -2.51. The van der Waals surface area contributed by atoms with Crippen LogP contribution >= 0.6 is 23.4 Å². The van der Waals surface area contributed by atoms with Crippen molar-refractivity contribution >= 4 is 35.2 Å². The van der Waals surface area contributed by atoms with Crippen molar-refractivity contribution in [1.82, 2.24) is 10.2 Å². The van der Waals surface area contributed by atoms with E-state index in [4.69, 9.17) is 11.6 Å². The monoisotopic (exact) mass is 396 g/mol. The van der Waals surface area contributed by atoms with Gasteiger partial charge in [0.25, 0.3) is 0 Å². The first-order chi connectivity index (χ1) is 12.4. The Morgan fingerprint density at radius 2 is 2.00 bits per heavy atom. The van der Waals surface area contributed by atoms with Crippen LogP contribution in [0.2, 0.25) is 5.02 Å². The molecule has 1 aliphatic heterocycles. The van der Waals surface area contributed by atoms with Crippen LogP contribution in [0.25, 0.3) is 0 Å². The summed E-state index contributed by atoms with van der Waals surface area (Å²) in [6.07, 6.45) is 3.77. The number of likely N-dealkylation sites (tertiary alicyclic amines) is 1. The lowest BCUT2D eigenvalue weighted by molar-refractivity contribution is -0.137. The minimum atomic E-state index is -0.194. The van der Waals surface area contributed by atoms with Crippen LogP contribution < -0.4 is 5.32 Å². The quantitative estimate of drug-likeness (QED) is 0.550. The molecule has 2 amide bonds. The Hall–Kier alpha value is -1.20. The van der Waals surface area contributed by atoms with Gasteiger partial charge in [0.15, 0.2) is 0 Å². The summed E-state index contributed by atoms with van der Waals surface area (Å²) in [7, 11) is 0. The molecule has 4 nitrogen and oxygen atoms in total. The van der Waals surface area contributed by atoms with Gasteiger partial charge < -0.3 is 10.2 Å². The summed E-state index contributed by atoms with van der Waals surface area (Å²) >= 11 is 7.45. The number of nitrogens with one attached hydrogen (secondary N) is 1. The maximum Gasteiger partial charge on any atom is 0.236 e. The Bertz CT molecular complexity index is 608. The third-order valence-electron chi connectivity index (χ3n) is 4.84. The number of carbonyl (C=O) groups is 2. The van der Waals surface area contributed by atoms with Gasteiger partial charge in [-0.1, -0.05) is 24.9 Å². The van der Waals surface area contributed by atoms with E-state index in [2.05, 4.69) is 19.2 Å². The predicted molar refractivity (Wildman–Crippen MR) is 109 cm³/mol. The summed E-state index contributed by atoms with van der Waals surface area (Å²) in [6, 6.07) is 7.71. The third-order valence-corrected chi connectivity index (χ3v) is 6.19. The van der Waals surface area contributed by atoms with E-state index in [1.54, 1.807) is 0 Å². The van der Waals surface area contributed by atoms with Crippen LogP contribution in [0.5, 0.6) is 0 Å². The summed E-state index contributed by atoms with van der Waals surface area (Å²) in [4.78, 5) is 28.2. The topological polar surface area (TPSA) is 49.4 Å². The number of unbranched alkanes of at least 4 members (excludes halogenated alkanes) is 1. The fourth-order valence-electron chi connectivity index (χ4n) is 3.16. The van der Waals surface area contributed by atoms with Crippen LogP contribution in [0.3, 0.4) is 0 Å². The Morgan fingerprint density at radius 3 is 2.65 bits per heavy atom. The molecule has 0 aromatic heterocycles. The summed E-state index contributed by atoms with van der Waals surface area (Å²) in [5, 5.41) is 3.50. The van der Waals surface area contributed by atoms with Gasteiger partial charge in [0, 0.05) is 29.0 Å². The molecule has 1 aromatic carbocycles. The molecule has 0 bridgehead atoms. The molecule has 3 atom stereocenters. The molecule has 144 valence electrons. The van der Waals surface area contributed by atoms with E-state index in [0.717, 1.165) is 37.1 Å². The SMILES string of the molecule is CCCCNC(=O)C1CCC(C)N(C(=O)C(C)Sc2ccc(Cl)cc2)C1. The summed E-state index contributed by atoms with van der Waals surface area (Å²) in [5.74, 6) is 0.0874. The van der Waals surface area contributed by atoms with Gasteiger partial charge in [0.05, 0.1) is 11.2 Å². The second kappa shape index (κ2) is 10.2. The van der Waals surface area contributed by atoms with E-state index in [0.29, 0.717) is 11.6 Å². The van der Waals surface area contributed by atoms with Gasteiger partial charge in [0.2, 0.25) is 11.8 Å². The van der Waals surface area contributed by atoms with Crippen LogP contribution in [0.1, 0.15) is 46.5 Å². The number of piperidine rings is 1. The maximum atomic E-state index is 13.0. The van der Waals surface area contributed by atoms with Gasteiger partial charge in [-0.25, -0.2) is 0 Å². The minimum Gasteiger partial charge on any atom is -0.356 e. The van der Waals surface area contributed by atoms with E-state index in [9.17, 15) is 9.59 Å². The van der Waals surface area contributed by atoms with E-state index in [1.165, 1.54) is 11.8 Å². The standard InChI is InChI=1S/C20H29ClN2O2S/c1-4-5-12-22-19(24)16-7-6-14(2)23(13-16)20(25)15(3)26-18-10-8-17(21)9-11-18/h8-11,14-16H,4-7,12-13H2,1-3H3,(H,22,24).